The van der Waals surface area contributed by atoms with Gasteiger partial charge in [-0.25, -0.2) is 19.4 Å². The second kappa shape index (κ2) is 11.3. The summed E-state index contributed by atoms with van der Waals surface area (Å²) in [4.78, 5) is 15.2. The Bertz CT molecular complexity index is 831. The summed E-state index contributed by atoms with van der Waals surface area (Å²) in [5.41, 5.74) is 0.953. The quantitative estimate of drug-likeness (QED) is 0.373. The highest BCUT2D eigenvalue weighted by Crippen LogP contribution is 2.21. The molecule has 2 aromatic rings. The van der Waals surface area contributed by atoms with Crippen molar-refractivity contribution in [1.82, 2.24) is 20.6 Å². The van der Waals surface area contributed by atoms with Gasteiger partial charge in [-0.15, -0.1) is 0 Å². The number of nitrogens with zero attached hydrogens (tertiary/aromatic N) is 4. The molecule has 0 saturated carbocycles. The van der Waals surface area contributed by atoms with Gasteiger partial charge in [0.05, 0.1) is 13.2 Å². The molecule has 3 rings (SSSR count). The van der Waals surface area contributed by atoms with E-state index in [4.69, 9.17) is 9.73 Å². The number of ether oxygens (including phenoxy) is 1. The molecule has 1 aliphatic rings. The van der Waals surface area contributed by atoms with Gasteiger partial charge in [-0.3, -0.25) is 0 Å². The molecule has 1 unspecified atom stereocenters. The third kappa shape index (κ3) is 6.05. The van der Waals surface area contributed by atoms with Gasteiger partial charge in [0.1, 0.15) is 0 Å². The topological polar surface area (TPSA) is 74.7 Å². The molecule has 0 spiro atoms. The standard InChI is InChI=1S/C22H31FN6O/c1-3-5-14-30-21-17(8-6-12-26-21)15-27-22(24-4-2)28-18-10-13-29(16-18)20-19(23)9-7-11-25-20/h6-9,11-12,18H,3-5,10,13-16H2,1-2H3,(H2,24,27,28). The maximum absolute atomic E-state index is 14.0. The van der Waals surface area contributed by atoms with Gasteiger partial charge in [-0.05, 0) is 38.0 Å². The molecular weight excluding hydrogens is 383 g/mol. The van der Waals surface area contributed by atoms with Gasteiger partial charge in [0.25, 0.3) is 0 Å². The van der Waals surface area contributed by atoms with E-state index in [1.54, 1.807) is 18.5 Å². The van der Waals surface area contributed by atoms with Crippen molar-refractivity contribution >= 4 is 11.8 Å². The summed E-state index contributed by atoms with van der Waals surface area (Å²) < 4.78 is 19.8. The zero-order valence-corrected chi connectivity index (χ0v) is 17.8. The smallest absolute Gasteiger partial charge is 0.218 e. The van der Waals surface area contributed by atoms with Crippen molar-refractivity contribution in [2.45, 2.75) is 45.7 Å². The first-order valence-electron chi connectivity index (χ1n) is 10.7. The highest BCUT2D eigenvalue weighted by atomic mass is 19.1. The van der Waals surface area contributed by atoms with E-state index in [0.717, 1.165) is 43.9 Å². The second-order valence-corrected chi connectivity index (χ2v) is 7.25. The van der Waals surface area contributed by atoms with Crippen molar-refractivity contribution in [3.63, 3.8) is 0 Å². The largest absolute Gasteiger partial charge is 0.477 e. The molecule has 0 aliphatic carbocycles. The molecule has 7 nitrogen and oxygen atoms in total. The zero-order chi connectivity index (χ0) is 21.2. The Hall–Kier alpha value is -2.90. The highest BCUT2D eigenvalue weighted by molar-refractivity contribution is 5.80. The number of anilines is 1. The molecule has 3 heterocycles. The van der Waals surface area contributed by atoms with Crippen LogP contribution in [0.5, 0.6) is 5.88 Å². The van der Waals surface area contributed by atoms with E-state index in [9.17, 15) is 4.39 Å². The molecule has 8 heteroatoms. The van der Waals surface area contributed by atoms with E-state index >= 15 is 0 Å². The minimum Gasteiger partial charge on any atom is -0.477 e. The van der Waals surface area contributed by atoms with Gasteiger partial charge < -0.3 is 20.3 Å². The molecule has 1 saturated heterocycles. The predicted molar refractivity (Wildman–Crippen MR) is 117 cm³/mol. The van der Waals surface area contributed by atoms with Crippen molar-refractivity contribution in [3.8, 4) is 5.88 Å². The Morgan fingerprint density at radius 3 is 2.90 bits per heavy atom. The summed E-state index contributed by atoms with van der Waals surface area (Å²) in [7, 11) is 0. The van der Waals surface area contributed by atoms with Gasteiger partial charge in [0, 0.05) is 43.6 Å². The predicted octanol–water partition coefficient (Wildman–Crippen LogP) is 3.13. The molecule has 1 atom stereocenters. The van der Waals surface area contributed by atoms with E-state index in [1.807, 2.05) is 24.0 Å². The van der Waals surface area contributed by atoms with Gasteiger partial charge in [-0.2, -0.15) is 0 Å². The lowest BCUT2D eigenvalue weighted by Gasteiger charge is -2.20. The van der Waals surface area contributed by atoms with Gasteiger partial charge in [0.2, 0.25) is 5.88 Å². The minimum atomic E-state index is -0.286. The monoisotopic (exact) mass is 414 g/mol. The van der Waals surface area contributed by atoms with Crippen molar-refractivity contribution in [1.29, 1.82) is 0 Å². The summed E-state index contributed by atoms with van der Waals surface area (Å²) >= 11 is 0. The van der Waals surface area contributed by atoms with E-state index in [0.29, 0.717) is 31.4 Å². The average molecular weight is 415 g/mol. The number of nitrogens with one attached hydrogen (secondary N) is 2. The van der Waals surface area contributed by atoms with Gasteiger partial charge in [-0.1, -0.05) is 19.4 Å². The highest BCUT2D eigenvalue weighted by Gasteiger charge is 2.26. The molecule has 30 heavy (non-hydrogen) atoms. The number of aromatic nitrogens is 2. The molecule has 2 N–H and O–H groups in total. The van der Waals surface area contributed by atoms with Crippen LogP contribution in [-0.4, -0.2) is 48.2 Å². The van der Waals surface area contributed by atoms with E-state index in [2.05, 4.69) is 27.5 Å². The molecule has 1 fully saturated rings. The van der Waals surface area contributed by atoms with Crippen LogP contribution in [0.15, 0.2) is 41.7 Å². The number of halogens is 1. The number of pyridine rings is 2. The molecule has 0 amide bonds. The number of hydrogen-bond acceptors (Lipinski definition) is 5. The summed E-state index contributed by atoms with van der Waals surface area (Å²) in [5, 5.41) is 6.75. The normalized spacial score (nSPS) is 16.6. The van der Waals surface area contributed by atoms with Crippen molar-refractivity contribution in [2.24, 2.45) is 4.99 Å². The number of unbranched alkanes of at least 4 members (excludes halogenated alkanes) is 1. The van der Waals surface area contributed by atoms with Gasteiger partial charge >= 0.3 is 0 Å². The fourth-order valence-corrected chi connectivity index (χ4v) is 3.35. The second-order valence-electron chi connectivity index (χ2n) is 7.25. The van der Waals surface area contributed by atoms with Crippen molar-refractivity contribution in [3.05, 3.63) is 48.0 Å². The summed E-state index contributed by atoms with van der Waals surface area (Å²) in [6.45, 7) is 7.47. The molecule has 162 valence electrons. The Morgan fingerprint density at radius 1 is 1.27 bits per heavy atom. The first-order chi connectivity index (χ1) is 14.7. The lowest BCUT2D eigenvalue weighted by atomic mass is 10.2. The van der Waals surface area contributed by atoms with Crippen LogP contribution in [-0.2, 0) is 6.54 Å². The van der Waals surface area contributed by atoms with Crippen molar-refractivity contribution in [2.75, 3.05) is 31.1 Å². The Morgan fingerprint density at radius 2 is 2.10 bits per heavy atom. The van der Waals surface area contributed by atoms with E-state index in [-0.39, 0.29) is 11.9 Å². The van der Waals surface area contributed by atoms with Crippen LogP contribution in [0.4, 0.5) is 10.2 Å². The van der Waals surface area contributed by atoms with Crippen LogP contribution in [0, 0.1) is 5.82 Å². The first kappa shape index (κ1) is 21.8. The third-order valence-corrected chi connectivity index (χ3v) is 4.91. The van der Waals surface area contributed by atoms with Gasteiger partial charge in [0.15, 0.2) is 17.6 Å². The molecule has 0 bridgehead atoms. The molecule has 0 aromatic carbocycles. The maximum Gasteiger partial charge on any atom is 0.218 e. The molecule has 0 radical (unpaired) electrons. The Kier molecular flexibility index (Phi) is 8.23. The van der Waals surface area contributed by atoms with Crippen LogP contribution in [0.25, 0.3) is 0 Å². The summed E-state index contributed by atoms with van der Waals surface area (Å²) in [6.07, 6.45) is 6.33. The van der Waals surface area contributed by atoms with Crippen LogP contribution >= 0.6 is 0 Å². The average Bonchev–Trinajstić information content (AvgIpc) is 3.22. The summed E-state index contributed by atoms with van der Waals surface area (Å²) in [5.74, 6) is 1.50. The van der Waals surface area contributed by atoms with Crippen LogP contribution in [0.1, 0.15) is 38.7 Å². The Balaban J connectivity index is 1.61. The lowest BCUT2D eigenvalue weighted by molar-refractivity contribution is 0.294. The molecular formula is C22H31FN6O. The number of hydrogen-bond donors (Lipinski definition) is 2. The number of guanidine groups is 1. The first-order valence-corrected chi connectivity index (χ1v) is 10.7. The van der Waals surface area contributed by atoms with Crippen LogP contribution in [0.3, 0.4) is 0 Å². The minimum absolute atomic E-state index is 0.165. The third-order valence-electron chi connectivity index (χ3n) is 4.91. The maximum atomic E-state index is 14.0. The summed E-state index contributed by atoms with van der Waals surface area (Å²) in [6, 6.07) is 7.11. The SMILES string of the molecule is CCCCOc1ncccc1CN=C(NCC)NC1CCN(c2ncccc2F)C1. The molecule has 1 aliphatic heterocycles. The molecule has 2 aromatic heterocycles. The van der Waals surface area contributed by atoms with Crippen molar-refractivity contribution < 1.29 is 9.13 Å². The fourth-order valence-electron chi connectivity index (χ4n) is 3.35. The van der Waals surface area contributed by atoms with E-state index < -0.39 is 0 Å². The number of rotatable bonds is 9. The van der Waals surface area contributed by atoms with Crippen LogP contribution < -0.4 is 20.3 Å². The fraction of sp³-hybridized carbons (Fsp3) is 0.500. The lowest BCUT2D eigenvalue weighted by Crippen LogP contribution is -2.44. The van der Waals surface area contributed by atoms with Crippen LogP contribution in [0.2, 0.25) is 0 Å². The Labute approximate surface area is 177 Å². The zero-order valence-electron chi connectivity index (χ0n) is 17.8. The van der Waals surface area contributed by atoms with E-state index in [1.165, 1.54) is 6.07 Å². The number of aliphatic imine (C=N–C) groups is 1.